The van der Waals surface area contributed by atoms with Crippen LogP contribution in [0.25, 0.3) is 0 Å². The molecule has 0 fully saturated rings. The van der Waals surface area contributed by atoms with Crippen molar-refractivity contribution in [1.29, 1.82) is 0 Å². The number of nitrogens with one attached hydrogen (secondary N) is 1. The molecule has 0 unspecified atom stereocenters. The van der Waals surface area contributed by atoms with E-state index in [0.717, 1.165) is 4.47 Å². The fourth-order valence-corrected chi connectivity index (χ4v) is 2.29. The third kappa shape index (κ3) is 3.25. The third-order valence-corrected chi connectivity index (χ3v) is 3.43. The maximum Gasteiger partial charge on any atom is 0.255 e. The number of hydrogen-bond acceptors (Lipinski definition) is 1. The van der Waals surface area contributed by atoms with Crippen molar-refractivity contribution in [3.05, 3.63) is 62.5 Å². The monoisotopic (exact) mass is 343 g/mol. The summed E-state index contributed by atoms with van der Waals surface area (Å²) in [6, 6.07) is 11.9. The molecule has 5 heteroatoms. The van der Waals surface area contributed by atoms with Crippen LogP contribution in [0.2, 0.25) is 10.0 Å². The van der Waals surface area contributed by atoms with Gasteiger partial charge in [-0.1, -0.05) is 23.2 Å². The van der Waals surface area contributed by atoms with E-state index in [0.29, 0.717) is 21.3 Å². The quantitative estimate of drug-likeness (QED) is 0.815. The Hall–Kier alpha value is -1.03. The second-order valence-electron chi connectivity index (χ2n) is 3.59. The van der Waals surface area contributed by atoms with Crippen molar-refractivity contribution in [2.75, 3.05) is 5.32 Å². The van der Waals surface area contributed by atoms with Crippen molar-refractivity contribution in [2.24, 2.45) is 0 Å². The SMILES string of the molecule is O=C(Nc1ccc(Cl)cc1Br)c1ccc(Cl)cc1. The molecule has 0 aliphatic heterocycles. The normalized spacial score (nSPS) is 10.2. The van der Waals surface area contributed by atoms with E-state index in [9.17, 15) is 4.79 Å². The van der Waals surface area contributed by atoms with Crippen LogP contribution in [0, 0.1) is 0 Å². The highest BCUT2D eigenvalue weighted by Crippen LogP contribution is 2.26. The van der Waals surface area contributed by atoms with E-state index in [-0.39, 0.29) is 5.91 Å². The Morgan fingerprint density at radius 3 is 2.22 bits per heavy atom. The highest BCUT2D eigenvalue weighted by Gasteiger charge is 2.08. The average Bonchev–Trinajstić information content (AvgIpc) is 2.33. The van der Waals surface area contributed by atoms with E-state index in [1.165, 1.54) is 0 Å². The Bertz CT molecular complexity index is 584. The van der Waals surface area contributed by atoms with Gasteiger partial charge in [0.15, 0.2) is 0 Å². The highest BCUT2D eigenvalue weighted by atomic mass is 79.9. The van der Waals surface area contributed by atoms with Crippen LogP contribution in [0.3, 0.4) is 0 Å². The van der Waals surface area contributed by atoms with Crippen molar-refractivity contribution in [2.45, 2.75) is 0 Å². The largest absolute Gasteiger partial charge is 0.321 e. The van der Waals surface area contributed by atoms with Gasteiger partial charge in [-0.25, -0.2) is 0 Å². The van der Waals surface area contributed by atoms with Crippen LogP contribution in [-0.2, 0) is 0 Å². The fourth-order valence-electron chi connectivity index (χ4n) is 1.39. The van der Waals surface area contributed by atoms with Crippen molar-refractivity contribution < 1.29 is 4.79 Å². The zero-order valence-corrected chi connectivity index (χ0v) is 12.2. The first kappa shape index (κ1) is 13.4. The average molecular weight is 345 g/mol. The van der Waals surface area contributed by atoms with Gasteiger partial charge in [0, 0.05) is 20.1 Å². The van der Waals surface area contributed by atoms with Gasteiger partial charge in [-0.3, -0.25) is 4.79 Å². The summed E-state index contributed by atoms with van der Waals surface area (Å²) in [5.74, 6) is -0.199. The summed E-state index contributed by atoms with van der Waals surface area (Å²) in [6.45, 7) is 0. The van der Waals surface area contributed by atoms with Crippen LogP contribution < -0.4 is 5.32 Å². The number of carbonyl (C=O) groups excluding carboxylic acids is 1. The predicted octanol–water partition coefficient (Wildman–Crippen LogP) is 5.01. The van der Waals surface area contributed by atoms with Gasteiger partial charge in [0.2, 0.25) is 0 Å². The van der Waals surface area contributed by atoms with Gasteiger partial charge in [0.25, 0.3) is 5.91 Å². The number of carbonyl (C=O) groups is 1. The molecule has 18 heavy (non-hydrogen) atoms. The number of benzene rings is 2. The molecule has 2 aromatic carbocycles. The van der Waals surface area contributed by atoms with E-state index in [4.69, 9.17) is 23.2 Å². The summed E-state index contributed by atoms with van der Waals surface area (Å²) >= 11 is 14.9. The summed E-state index contributed by atoms with van der Waals surface area (Å²) in [6.07, 6.45) is 0. The molecular formula is C13H8BrCl2NO. The molecular weight excluding hydrogens is 337 g/mol. The van der Waals surface area contributed by atoms with Crippen LogP contribution in [0.15, 0.2) is 46.9 Å². The lowest BCUT2D eigenvalue weighted by atomic mass is 10.2. The highest BCUT2D eigenvalue weighted by molar-refractivity contribution is 9.10. The van der Waals surface area contributed by atoms with Gasteiger partial charge in [-0.15, -0.1) is 0 Å². The topological polar surface area (TPSA) is 29.1 Å². The van der Waals surface area contributed by atoms with Gasteiger partial charge in [-0.2, -0.15) is 0 Å². The van der Waals surface area contributed by atoms with Crippen LogP contribution in [0.1, 0.15) is 10.4 Å². The van der Waals surface area contributed by atoms with Crippen molar-refractivity contribution in [1.82, 2.24) is 0 Å². The van der Waals surface area contributed by atoms with E-state index >= 15 is 0 Å². The Morgan fingerprint density at radius 2 is 1.61 bits per heavy atom. The molecule has 0 heterocycles. The molecule has 2 aromatic rings. The van der Waals surface area contributed by atoms with Crippen LogP contribution >= 0.6 is 39.1 Å². The summed E-state index contributed by atoms with van der Waals surface area (Å²) < 4.78 is 0.734. The molecule has 2 nitrogen and oxygen atoms in total. The lowest BCUT2D eigenvalue weighted by molar-refractivity contribution is 0.102. The number of anilines is 1. The molecule has 0 saturated heterocycles. The second kappa shape index (κ2) is 5.74. The molecule has 92 valence electrons. The lowest BCUT2D eigenvalue weighted by Crippen LogP contribution is -2.11. The van der Waals surface area contributed by atoms with Gasteiger partial charge < -0.3 is 5.32 Å². The van der Waals surface area contributed by atoms with Crippen LogP contribution in [0.4, 0.5) is 5.69 Å². The summed E-state index contributed by atoms with van der Waals surface area (Å²) in [4.78, 5) is 12.0. The van der Waals surface area contributed by atoms with E-state index in [1.54, 1.807) is 42.5 Å². The zero-order chi connectivity index (χ0) is 13.1. The molecule has 0 saturated carbocycles. The van der Waals surface area contributed by atoms with Crippen molar-refractivity contribution >= 4 is 50.7 Å². The lowest BCUT2D eigenvalue weighted by Gasteiger charge is -2.07. The maximum atomic E-state index is 12.0. The summed E-state index contributed by atoms with van der Waals surface area (Å²) in [5.41, 5.74) is 1.21. The first-order chi connectivity index (χ1) is 8.56. The Morgan fingerprint density at radius 1 is 1.00 bits per heavy atom. The molecule has 0 atom stereocenters. The van der Waals surface area contributed by atoms with Crippen LogP contribution in [0.5, 0.6) is 0 Å². The number of amides is 1. The smallest absolute Gasteiger partial charge is 0.255 e. The number of rotatable bonds is 2. The molecule has 0 aromatic heterocycles. The first-order valence-electron chi connectivity index (χ1n) is 5.08. The molecule has 0 spiro atoms. The predicted molar refractivity (Wildman–Crippen MR) is 78.6 cm³/mol. The standard InChI is InChI=1S/C13H8BrCl2NO/c14-11-7-10(16)5-6-12(11)17-13(18)8-1-3-9(15)4-2-8/h1-7H,(H,17,18). The molecule has 1 amide bonds. The third-order valence-electron chi connectivity index (χ3n) is 2.29. The second-order valence-corrected chi connectivity index (χ2v) is 5.31. The number of hydrogen-bond donors (Lipinski definition) is 1. The molecule has 0 aliphatic carbocycles. The van der Waals surface area contributed by atoms with Gasteiger partial charge in [-0.05, 0) is 58.4 Å². The molecule has 2 rings (SSSR count). The summed E-state index contributed by atoms with van der Waals surface area (Å²) in [7, 11) is 0. The molecule has 0 bridgehead atoms. The van der Waals surface area contributed by atoms with E-state index in [2.05, 4.69) is 21.2 Å². The van der Waals surface area contributed by atoms with Gasteiger partial charge >= 0.3 is 0 Å². The Labute approximate surface area is 123 Å². The van der Waals surface area contributed by atoms with Crippen molar-refractivity contribution in [3.63, 3.8) is 0 Å². The zero-order valence-electron chi connectivity index (χ0n) is 9.08. The van der Waals surface area contributed by atoms with Crippen molar-refractivity contribution in [3.8, 4) is 0 Å². The Balaban J connectivity index is 2.18. The van der Waals surface area contributed by atoms with Gasteiger partial charge in [0.1, 0.15) is 0 Å². The van der Waals surface area contributed by atoms with Gasteiger partial charge in [0.05, 0.1) is 5.69 Å². The maximum absolute atomic E-state index is 12.0. The first-order valence-corrected chi connectivity index (χ1v) is 6.63. The minimum absolute atomic E-state index is 0.199. The molecule has 0 radical (unpaired) electrons. The Kier molecular flexibility index (Phi) is 4.27. The summed E-state index contributed by atoms with van der Waals surface area (Å²) in [5, 5.41) is 3.99. The van der Waals surface area contributed by atoms with E-state index in [1.807, 2.05) is 0 Å². The van der Waals surface area contributed by atoms with Crippen LogP contribution in [-0.4, -0.2) is 5.91 Å². The fraction of sp³-hybridized carbons (Fsp3) is 0. The number of halogens is 3. The minimum Gasteiger partial charge on any atom is -0.321 e. The minimum atomic E-state index is -0.199. The van der Waals surface area contributed by atoms with E-state index < -0.39 is 0 Å². The molecule has 0 aliphatic rings. The molecule has 1 N–H and O–H groups in total.